The van der Waals surface area contributed by atoms with E-state index in [-0.39, 0.29) is 17.2 Å². The van der Waals surface area contributed by atoms with Crippen LogP contribution in [0, 0.1) is 0 Å². The zero-order valence-corrected chi connectivity index (χ0v) is 9.72. The van der Waals surface area contributed by atoms with E-state index in [9.17, 15) is 9.90 Å². The fraction of sp³-hybridized carbons (Fsp3) is 0. The molecule has 0 saturated heterocycles. The number of hydrogen-bond donors (Lipinski definition) is 2. The average Bonchev–Trinajstić information content (AvgIpc) is 2.77. The maximum atomic E-state index is 11.9. The maximum Gasteiger partial charge on any atom is 0.264 e. The summed E-state index contributed by atoms with van der Waals surface area (Å²) in [5, 5.41) is 14.4. The minimum Gasteiger partial charge on any atom is -0.493 e. The molecule has 2 heterocycles. The first-order valence-electron chi connectivity index (χ1n) is 5.08. The predicted molar refractivity (Wildman–Crippen MR) is 65.7 cm³/mol. The van der Waals surface area contributed by atoms with Crippen LogP contribution < -0.4 is 5.56 Å². The second kappa shape index (κ2) is 3.85. The molecule has 3 aromatic rings. The number of fused-ring (bicyclic) bond motifs is 1. The van der Waals surface area contributed by atoms with Crippen LogP contribution in [0.1, 0.15) is 0 Å². The summed E-state index contributed by atoms with van der Waals surface area (Å²) in [5.41, 5.74) is 0.171. The Labute approximate surface area is 105 Å². The second-order valence-electron chi connectivity index (χ2n) is 3.66. The van der Waals surface area contributed by atoms with Gasteiger partial charge >= 0.3 is 0 Å². The van der Waals surface area contributed by atoms with E-state index in [4.69, 9.17) is 11.6 Å². The molecule has 90 valence electrons. The minimum atomic E-state index is -0.449. The molecule has 0 bridgehead atoms. The van der Waals surface area contributed by atoms with Crippen molar-refractivity contribution in [2.75, 3.05) is 0 Å². The summed E-state index contributed by atoms with van der Waals surface area (Å²) in [6.45, 7) is 0. The van der Waals surface area contributed by atoms with Gasteiger partial charge in [-0.2, -0.15) is 14.6 Å². The molecule has 0 spiro atoms. The van der Waals surface area contributed by atoms with Crippen molar-refractivity contribution in [2.45, 2.75) is 0 Å². The van der Waals surface area contributed by atoms with Crippen LogP contribution >= 0.6 is 11.6 Å². The Kier molecular flexibility index (Phi) is 2.31. The lowest BCUT2D eigenvalue weighted by atomic mass is 10.1. The van der Waals surface area contributed by atoms with Gasteiger partial charge in [0.2, 0.25) is 11.7 Å². The number of aromatic nitrogens is 4. The highest BCUT2D eigenvalue weighted by atomic mass is 35.5. The highest BCUT2D eigenvalue weighted by Crippen LogP contribution is 2.26. The molecule has 18 heavy (non-hydrogen) atoms. The Hall–Kier alpha value is -2.34. The lowest BCUT2D eigenvalue weighted by Gasteiger charge is -2.05. The Balaban J connectivity index is 2.38. The van der Waals surface area contributed by atoms with Gasteiger partial charge in [0, 0.05) is 5.02 Å². The van der Waals surface area contributed by atoms with Crippen molar-refractivity contribution in [3.05, 3.63) is 46.0 Å². The lowest BCUT2D eigenvalue weighted by Crippen LogP contribution is -2.12. The predicted octanol–water partition coefficient (Wildman–Crippen LogP) is 1.44. The smallest absolute Gasteiger partial charge is 0.264 e. The molecule has 7 heteroatoms. The van der Waals surface area contributed by atoms with E-state index in [2.05, 4.69) is 15.1 Å². The van der Waals surface area contributed by atoms with Gasteiger partial charge in [-0.05, 0) is 17.7 Å². The Morgan fingerprint density at radius 1 is 1.39 bits per heavy atom. The van der Waals surface area contributed by atoms with Gasteiger partial charge in [-0.25, -0.2) is 0 Å². The largest absolute Gasteiger partial charge is 0.493 e. The number of hydrogen-bond acceptors (Lipinski definition) is 4. The molecular weight excluding hydrogens is 256 g/mol. The van der Waals surface area contributed by atoms with Crippen LogP contribution in [0.3, 0.4) is 0 Å². The molecule has 0 radical (unpaired) electrons. The fourth-order valence-corrected chi connectivity index (χ4v) is 1.95. The summed E-state index contributed by atoms with van der Waals surface area (Å²) >= 11 is 5.87. The molecule has 3 rings (SSSR count). The Morgan fingerprint density at radius 2 is 2.22 bits per heavy atom. The van der Waals surface area contributed by atoms with E-state index in [0.717, 1.165) is 4.52 Å². The average molecular weight is 263 g/mol. The number of nitrogens with zero attached hydrogens (tertiary/aromatic N) is 3. The van der Waals surface area contributed by atoms with Crippen LogP contribution in [0.25, 0.3) is 16.9 Å². The molecular formula is C11H7ClN4O2. The van der Waals surface area contributed by atoms with E-state index < -0.39 is 5.56 Å². The van der Waals surface area contributed by atoms with Crippen molar-refractivity contribution in [2.24, 2.45) is 0 Å². The topological polar surface area (TPSA) is 83.3 Å². The van der Waals surface area contributed by atoms with Gasteiger partial charge in [-0.1, -0.05) is 23.7 Å². The molecule has 2 aromatic heterocycles. The third-order valence-electron chi connectivity index (χ3n) is 2.54. The van der Waals surface area contributed by atoms with Gasteiger partial charge in [0.25, 0.3) is 5.56 Å². The molecule has 0 atom stereocenters. The van der Waals surface area contributed by atoms with Crippen LogP contribution in [-0.2, 0) is 0 Å². The number of rotatable bonds is 1. The monoisotopic (exact) mass is 262 g/mol. The Bertz CT molecular complexity index is 793. The van der Waals surface area contributed by atoms with Crippen LogP contribution in [0.15, 0.2) is 35.4 Å². The summed E-state index contributed by atoms with van der Waals surface area (Å²) in [5.74, 6) is -0.0863. The van der Waals surface area contributed by atoms with Crippen molar-refractivity contribution in [1.82, 2.24) is 19.6 Å². The summed E-state index contributed by atoms with van der Waals surface area (Å²) < 4.78 is 1.15. The zero-order chi connectivity index (χ0) is 12.7. The summed E-state index contributed by atoms with van der Waals surface area (Å²) in [4.78, 5) is 18.3. The number of nitrogens with one attached hydrogen (secondary N) is 1. The molecule has 0 aliphatic heterocycles. The van der Waals surface area contributed by atoms with Gasteiger partial charge in [0.15, 0.2) is 0 Å². The van der Waals surface area contributed by atoms with Gasteiger partial charge in [-0.15, -0.1) is 0 Å². The van der Waals surface area contributed by atoms with E-state index >= 15 is 0 Å². The molecule has 0 fully saturated rings. The van der Waals surface area contributed by atoms with Crippen molar-refractivity contribution in [3.8, 4) is 17.0 Å². The van der Waals surface area contributed by atoms with Crippen molar-refractivity contribution >= 4 is 17.4 Å². The van der Waals surface area contributed by atoms with Crippen LogP contribution in [0.4, 0.5) is 0 Å². The number of aromatic hydroxyl groups is 1. The van der Waals surface area contributed by atoms with E-state index in [0.29, 0.717) is 10.6 Å². The SMILES string of the molecule is O=c1[nH]c2ncnn2c(O)c1-c1cccc(Cl)c1. The number of H-pyrrole nitrogens is 1. The summed E-state index contributed by atoms with van der Waals surface area (Å²) in [6.07, 6.45) is 1.24. The van der Waals surface area contributed by atoms with Gasteiger partial charge in [0.1, 0.15) is 11.9 Å². The first-order chi connectivity index (χ1) is 8.66. The zero-order valence-electron chi connectivity index (χ0n) is 8.96. The molecule has 0 aliphatic rings. The first-order valence-corrected chi connectivity index (χ1v) is 5.45. The standard InChI is InChI=1S/C11H7ClN4O2/c12-7-3-1-2-6(4-7)8-9(17)15-11-13-5-14-16(11)10(8)18/h1-5,18H,(H,13,14,15,17). The highest BCUT2D eigenvalue weighted by Gasteiger charge is 2.15. The van der Waals surface area contributed by atoms with Gasteiger partial charge < -0.3 is 5.11 Å². The number of aromatic amines is 1. The number of benzene rings is 1. The Morgan fingerprint density at radius 3 is 3.00 bits per heavy atom. The maximum absolute atomic E-state index is 11.9. The molecule has 0 saturated carbocycles. The fourth-order valence-electron chi connectivity index (χ4n) is 1.76. The highest BCUT2D eigenvalue weighted by molar-refractivity contribution is 6.30. The normalized spacial score (nSPS) is 10.9. The number of halogens is 1. The minimum absolute atomic E-state index is 0.107. The molecule has 0 amide bonds. The van der Waals surface area contributed by atoms with Crippen LogP contribution in [-0.4, -0.2) is 24.7 Å². The lowest BCUT2D eigenvalue weighted by molar-refractivity contribution is 0.436. The third kappa shape index (κ3) is 1.54. The quantitative estimate of drug-likeness (QED) is 0.695. The van der Waals surface area contributed by atoms with Crippen LogP contribution in [0.2, 0.25) is 5.02 Å². The van der Waals surface area contributed by atoms with E-state index in [1.165, 1.54) is 6.33 Å². The molecule has 6 nitrogen and oxygen atoms in total. The van der Waals surface area contributed by atoms with Gasteiger partial charge in [-0.3, -0.25) is 9.78 Å². The summed E-state index contributed by atoms with van der Waals surface area (Å²) in [6, 6.07) is 6.65. The van der Waals surface area contributed by atoms with Crippen molar-refractivity contribution in [1.29, 1.82) is 0 Å². The van der Waals surface area contributed by atoms with Crippen LogP contribution in [0.5, 0.6) is 5.88 Å². The van der Waals surface area contributed by atoms with Crippen molar-refractivity contribution in [3.63, 3.8) is 0 Å². The van der Waals surface area contributed by atoms with Gasteiger partial charge in [0.05, 0.1) is 0 Å². The van der Waals surface area contributed by atoms with E-state index in [1.807, 2.05) is 0 Å². The second-order valence-corrected chi connectivity index (χ2v) is 4.09. The summed E-state index contributed by atoms with van der Waals surface area (Å²) in [7, 11) is 0. The molecule has 1 aromatic carbocycles. The molecule has 0 aliphatic carbocycles. The first kappa shape index (κ1) is 10.8. The third-order valence-corrected chi connectivity index (χ3v) is 2.77. The van der Waals surface area contributed by atoms with E-state index in [1.54, 1.807) is 24.3 Å². The van der Waals surface area contributed by atoms with Crippen molar-refractivity contribution < 1.29 is 5.11 Å². The molecule has 0 unspecified atom stereocenters. The molecule has 2 N–H and O–H groups in total.